The number of benzene rings is 19. The van der Waals surface area contributed by atoms with Gasteiger partial charge in [0.1, 0.15) is 11.2 Å². The van der Waals surface area contributed by atoms with Gasteiger partial charge in [-0.1, -0.05) is 265 Å². The number of rotatable bonds is 7. The quantitative estimate of drug-likeness (QED) is 0.156. The van der Waals surface area contributed by atoms with Crippen molar-refractivity contribution in [3.8, 4) is 67.0 Å². The van der Waals surface area contributed by atoms with Crippen LogP contribution in [-0.2, 0) is 0 Å². The first-order valence-corrected chi connectivity index (χ1v) is 47.2. The smallest absolute Gasteiger partial charge is 0.136 e. The molecule has 27 aromatic rings. The molecule has 0 saturated heterocycles. The zero-order valence-electron chi connectivity index (χ0n) is 67.0. The summed E-state index contributed by atoms with van der Waals surface area (Å²) >= 11 is 34.2. The molecule has 8 aromatic heterocycles. The van der Waals surface area contributed by atoms with E-state index in [-0.39, 0.29) is 0 Å². The number of thiophene rings is 5. The maximum atomic E-state index is 6.54. The largest absolute Gasteiger partial charge is 0.456 e. The molecule has 3 nitrogen and oxygen atoms in total. The first kappa shape index (κ1) is 76.5. The molecule has 12 heteroatoms. The third-order valence-corrected chi connectivity index (χ3v) is 31.1. The molecule has 0 saturated carbocycles. The van der Waals surface area contributed by atoms with Crippen LogP contribution in [0.4, 0.5) is 0 Å². The summed E-state index contributed by atoms with van der Waals surface area (Å²) in [6, 6.07) is 143. The average molecular weight is 1780 g/mol. The summed E-state index contributed by atoms with van der Waals surface area (Å²) < 4.78 is 23.7. The van der Waals surface area contributed by atoms with E-state index >= 15 is 0 Å². The predicted molar refractivity (Wildman–Crippen MR) is 553 cm³/mol. The van der Waals surface area contributed by atoms with Crippen molar-refractivity contribution < 1.29 is 4.42 Å². The van der Waals surface area contributed by atoms with Gasteiger partial charge in [-0.25, -0.2) is 0 Å². The van der Waals surface area contributed by atoms with Gasteiger partial charge in [-0.15, -0.1) is 56.7 Å². The van der Waals surface area contributed by atoms with Crippen molar-refractivity contribution in [2.24, 2.45) is 0 Å². The minimum Gasteiger partial charge on any atom is -0.456 e. The Kier molecular flexibility index (Phi) is 19.1. The van der Waals surface area contributed by atoms with E-state index in [0.29, 0.717) is 0 Å². The standard InChI is InChI=1S/C36H22ClNS.C30H18ClNS.C24H13ClOS.C24H13ClS2/c37-32-12-6-4-10-27(32)25-16-19-36-31(21-25)30-20-23(15-18-35(30)39-36)24-14-17-29-28-11-5-7-13-33(28)38(34(29)22-24)26-8-2-1-3-9-26;31-21-12-14-25-26-16-19(11-15-29(26)33-30(25)18-21)20-10-13-24-23-8-4-5-9-27(23)32(28(24)17-20)22-6-2-1-3-7-22;25-16-7-9-19-20-11-14(6-10-23(20)27-24(19)13-16)15-5-8-18-17-3-1-2-4-21(17)26-22(18)12-15;25-16-7-9-19-20-11-14(6-10-22(20)27-24(19)13-16)15-5-8-18-17-3-1-2-4-21(17)26-23(18)12-15/h1-22H;1-18H;2*1-13H. The third kappa shape index (κ3) is 13.6. The van der Waals surface area contributed by atoms with Gasteiger partial charge >= 0.3 is 0 Å². The van der Waals surface area contributed by atoms with Crippen LogP contribution >= 0.6 is 103 Å². The SMILES string of the molecule is Clc1ccc2c(c1)sc1ccc(-c3ccc4c(c3)oc3ccccc34)cc12.Clc1ccc2c(c1)sc1ccc(-c3ccc4c(c3)sc3ccccc34)cc12.Clc1ccc2c(c1)sc1ccc(-c3ccc4c5ccccc5n(-c5ccccc5)c4c3)cc12.Clc1ccccc1-c1ccc2sc3ccc(-c4ccc5c6ccccc6n(-c6ccccc6)c5c4)cc3c2c1. The van der Waals surface area contributed by atoms with Crippen LogP contribution in [0.5, 0.6) is 0 Å². The summed E-state index contributed by atoms with van der Waals surface area (Å²) in [5, 5.41) is 23.5. The highest BCUT2D eigenvalue weighted by atomic mass is 35.5. The van der Waals surface area contributed by atoms with E-state index in [9.17, 15) is 0 Å². The Labute approximate surface area is 763 Å². The number of para-hydroxylation sites is 5. The van der Waals surface area contributed by atoms with E-state index < -0.39 is 0 Å². The molecule has 19 aromatic carbocycles. The number of nitrogens with zero attached hydrogens (tertiary/aromatic N) is 2. The topological polar surface area (TPSA) is 23.0 Å². The second-order valence-electron chi connectivity index (χ2n) is 31.8. The van der Waals surface area contributed by atoms with Gasteiger partial charge in [0, 0.05) is 170 Å². The highest BCUT2D eigenvalue weighted by Gasteiger charge is 2.20. The number of hydrogen-bond acceptors (Lipinski definition) is 6. The minimum absolute atomic E-state index is 0.777. The molecule has 0 N–H and O–H groups in total. The Balaban J connectivity index is 0.0000000950. The Bertz CT molecular complexity index is 8840. The molecule has 0 fully saturated rings. The van der Waals surface area contributed by atoms with Gasteiger partial charge in [-0.2, -0.15) is 0 Å². The summed E-state index contributed by atoms with van der Waals surface area (Å²) in [5.74, 6) is 0. The van der Waals surface area contributed by atoms with E-state index in [1.54, 1.807) is 34.0 Å². The summed E-state index contributed by atoms with van der Waals surface area (Å²) in [6.07, 6.45) is 0. The van der Waals surface area contributed by atoms with Crippen molar-refractivity contribution in [2.75, 3.05) is 0 Å². The lowest BCUT2D eigenvalue weighted by molar-refractivity contribution is 0.669. The molecule has 0 atom stereocenters. The third-order valence-electron chi connectivity index (χ3n) is 24.4. The summed E-state index contributed by atoms with van der Waals surface area (Å²) in [5.41, 5.74) is 21.1. The molecule has 0 aliphatic carbocycles. The number of fused-ring (bicyclic) bond motifs is 24. The maximum absolute atomic E-state index is 6.54. The molecule has 0 bridgehead atoms. The fraction of sp³-hybridized carbons (Fsp3) is 0. The van der Waals surface area contributed by atoms with Gasteiger partial charge in [0.25, 0.3) is 0 Å². The lowest BCUT2D eigenvalue weighted by Gasteiger charge is -2.09. The molecule has 0 spiro atoms. The maximum Gasteiger partial charge on any atom is 0.136 e. The number of aromatic nitrogens is 2. The van der Waals surface area contributed by atoms with Crippen LogP contribution in [0.3, 0.4) is 0 Å². The Morgan fingerprint density at radius 1 is 0.175 bits per heavy atom. The van der Waals surface area contributed by atoms with Gasteiger partial charge in [-0.3, -0.25) is 0 Å². The Hall–Kier alpha value is -13.2. The van der Waals surface area contributed by atoms with Crippen LogP contribution in [0, 0.1) is 0 Å². The van der Waals surface area contributed by atoms with Crippen molar-refractivity contribution in [1.82, 2.24) is 9.13 Å². The van der Waals surface area contributed by atoms with E-state index in [0.717, 1.165) is 58.7 Å². The lowest BCUT2D eigenvalue weighted by atomic mass is 9.99. The van der Waals surface area contributed by atoms with Crippen molar-refractivity contribution in [3.05, 3.63) is 420 Å². The Morgan fingerprint density at radius 3 is 0.952 bits per heavy atom. The number of furan rings is 1. The van der Waals surface area contributed by atoms with E-state index in [1.807, 2.05) is 83.3 Å². The lowest BCUT2D eigenvalue weighted by Crippen LogP contribution is -1.93. The molecule has 8 heterocycles. The van der Waals surface area contributed by atoms with Crippen molar-refractivity contribution in [2.45, 2.75) is 0 Å². The van der Waals surface area contributed by atoms with Gasteiger partial charge in [-0.05, 0) is 232 Å². The fourth-order valence-electron chi connectivity index (χ4n) is 18.4. The molecular weight excluding hydrogens is 1720 g/mol. The highest BCUT2D eigenvalue weighted by molar-refractivity contribution is 7.27. The molecule has 126 heavy (non-hydrogen) atoms. The summed E-state index contributed by atoms with van der Waals surface area (Å²) in [6.45, 7) is 0. The molecule has 0 radical (unpaired) electrons. The first-order chi connectivity index (χ1) is 62.0. The second-order valence-corrected chi connectivity index (χ2v) is 39.0. The van der Waals surface area contributed by atoms with Crippen LogP contribution in [0.1, 0.15) is 0 Å². The molecule has 27 rings (SSSR count). The van der Waals surface area contributed by atoms with Gasteiger partial charge in [0.15, 0.2) is 0 Å². The van der Waals surface area contributed by atoms with Crippen LogP contribution in [0.2, 0.25) is 20.1 Å². The first-order valence-electron chi connectivity index (χ1n) is 41.6. The summed E-state index contributed by atoms with van der Waals surface area (Å²) in [7, 11) is 0. The molecule has 0 unspecified atom stereocenters. The van der Waals surface area contributed by atoms with Crippen molar-refractivity contribution in [1.29, 1.82) is 0 Å². The van der Waals surface area contributed by atoms with Gasteiger partial charge in [0.2, 0.25) is 0 Å². The van der Waals surface area contributed by atoms with E-state index in [1.165, 1.54) is 195 Å². The molecular formula is C114H66Cl4N2OS5. The van der Waals surface area contributed by atoms with Gasteiger partial charge in [0.05, 0.1) is 22.1 Å². The van der Waals surface area contributed by atoms with Crippen LogP contribution < -0.4 is 0 Å². The fourth-order valence-corrected chi connectivity index (χ4v) is 25.0. The van der Waals surface area contributed by atoms with Crippen LogP contribution in [0.25, 0.3) is 233 Å². The van der Waals surface area contributed by atoms with Crippen molar-refractivity contribution in [3.63, 3.8) is 0 Å². The Morgan fingerprint density at radius 2 is 0.468 bits per heavy atom. The van der Waals surface area contributed by atoms with Crippen LogP contribution in [-0.4, -0.2) is 9.13 Å². The molecule has 0 aliphatic heterocycles. The number of hydrogen-bond donors (Lipinski definition) is 0. The van der Waals surface area contributed by atoms with Crippen molar-refractivity contribution >= 4 is 269 Å². The monoisotopic (exact) mass is 1780 g/mol. The van der Waals surface area contributed by atoms with E-state index in [4.69, 9.17) is 50.8 Å². The normalized spacial score (nSPS) is 11.8. The number of halogens is 4. The predicted octanol–water partition coefficient (Wildman–Crippen LogP) is 37.6. The average Bonchev–Trinajstić information content (AvgIpc) is 1.58. The van der Waals surface area contributed by atoms with Gasteiger partial charge < -0.3 is 13.6 Å². The molecule has 596 valence electrons. The van der Waals surface area contributed by atoms with E-state index in [2.05, 4.69) is 349 Å². The summed E-state index contributed by atoms with van der Waals surface area (Å²) in [4.78, 5) is 0. The minimum atomic E-state index is 0.777. The second kappa shape index (κ2) is 31.5. The molecule has 0 aliphatic rings. The zero-order valence-corrected chi connectivity index (χ0v) is 74.1. The highest BCUT2D eigenvalue weighted by Crippen LogP contribution is 2.47. The zero-order chi connectivity index (χ0) is 83.8. The van der Waals surface area contributed by atoms with Crippen LogP contribution in [0.15, 0.2) is 405 Å². The molecule has 0 amide bonds.